The molecule has 17 heavy (non-hydrogen) atoms. The summed E-state index contributed by atoms with van der Waals surface area (Å²) >= 11 is 0. The maximum absolute atomic E-state index is 13.5. The van der Waals surface area contributed by atoms with Crippen LogP contribution in [0.25, 0.3) is 0 Å². The van der Waals surface area contributed by atoms with Crippen molar-refractivity contribution in [3.8, 4) is 0 Å². The van der Waals surface area contributed by atoms with Crippen LogP contribution in [0.4, 0.5) is 4.39 Å². The fourth-order valence-electron chi connectivity index (χ4n) is 1.74. The summed E-state index contributed by atoms with van der Waals surface area (Å²) in [5.41, 5.74) is 0. The average molecular weight is 259 g/mol. The van der Waals surface area contributed by atoms with Crippen molar-refractivity contribution in [2.24, 2.45) is 0 Å². The van der Waals surface area contributed by atoms with Gasteiger partial charge in [-0.1, -0.05) is 0 Å². The zero-order valence-electron chi connectivity index (χ0n) is 9.26. The lowest BCUT2D eigenvalue weighted by molar-refractivity contribution is 0.423. The van der Waals surface area contributed by atoms with E-state index in [-0.39, 0.29) is 0 Å². The minimum atomic E-state index is -3.81. The largest absolute Gasteiger partial charge is 0.315 e. The van der Waals surface area contributed by atoms with Crippen LogP contribution in [0, 0.1) is 5.82 Å². The van der Waals surface area contributed by atoms with Crippen LogP contribution in [0.5, 0.6) is 0 Å². The summed E-state index contributed by atoms with van der Waals surface area (Å²) in [7, 11) is -3.81. The van der Waals surface area contributed by atoms with Gasteiger partial charge in [0.25, 0.3) is 10.0 Å². The molecule has 1 N–H and O–H groups in total. The molecule has 1 aromatic heterocycles. The molecule has 1 aliphatic heterocycles. The van der Waals surface area contributed by atoms with E-state index in [0.29, 0.717) is 26.1 Å². The molecule has 1 saturated heterocycles. The molecule has 1 aliphatic rings. The Balaban J connectivity index is 2.32. The van der Waals surface area contributed by atoms with Crippen molar-refractivity contribution in [1.29, 1.82) is 0 Å². The molecule has 0 atom stereocenters. The van der Waals surface area contributed by atoms with Crippen molar-refractivity contribution in [3.63, 3.8) is 0 Å². The van der Waals surface area contributed by atoms with Crippen molar-refractivity contribution in [3.05, 3.63) is 24.1 Å². The Morgan fingerprint density at radius 1 is 1.35 bits per heavy atom. The highest BCUT2D eigenvalue weighted by molar-refractivity contribution is 7.89. The molecular formula is C10H14FN3O2S. The van der Waals surface area contributed by atoms with Crippen LogP contribution in [-0.4, -0.2) is 43.9 Å². The summed E-state index contributed by atoms with van der Waals surface area (Å²) in [4.78, 5) is 3.63. The molecule has 0 spiro atoms. The van der Waals surface area contributed by atoms with Crippen LogP contribution < -0.4 is 5.32 Å². The van der Waals surface area contributed by atoms with Gasteiger partial charge in [-0.25, -0.2) is 17.8 Å². The smallest absolute Gasteiger partial charge is 0.263 e. The standard InChI is InChI=1S/C10H14FN3O2S/c11-9-3-1-5-13-10(9)17(15,16)14-7-2-4-12-6-8-14/h1,3,5,12H,2,4,6-8H2. The van der Waals surface area contributed by atoms with Crippen LogP contribution in [0.2, 0.25) is 0 Å². The van der Waals surface area contributed by atoms with Crippen molar-refractivity contribution in [1.82, 2.24) is 14.6 Å². The van der Waals surface area contributed by atoms with Crippen LogP contribution in [0.15, 0.2) is 23.4 Å². The summed E-state index contributed by atoms with van der Waals surface area (Å²) in [6.45, 7) is 2.09. The molecule has 2 heterocycles. The van der Waals surface area contributed by atoms with Gasteiger partial charge < -0.3 is 5.32 Å². The maximum atomic E-state index is 13.5. The predicted octanol–water partition coefficient (Wildman–Crippen LogP) is 0.205. The molecule has 94 valence electrons. The zero-order valence-corrected chi connectivity index (χ0v) is 10.1. The summed E-state index contributed by atoms with van der Waals surface area (Å²) < 4.78 is 39.0. The van der Waals surface area contributed by atoms with Gasteiger partial charge in [0.15, 0.2) is 5.82 Å². The average Bonchev–Trinajstić information content (AvgIpc) is 2.58. The zero-order chi connectivity index (χ0) is 12.3. The lowest BCUT2D eigenvalue weighted by Crippen LogP contribution is -2.35. The molecule has 0 radical (unpaired) electrons. The third kappa shape index (κ3) is 2.62. The van der Waals surface area contributed by atoms with Gasteiger partial charge in [-0.05, 0) is 25.1 Å². The second kappa shape index (κ2) is 5.07. The second-order valence-corrected chi connectivity index (χ2v) is 5.65. The number of rotatable bonds is 2. The molecule has 0 amide bonds. The predicted molar refractivity (Wildman–Crippen MR) is 60.4 cm³/mol. The first kappa shape index (κ1) is 12.4. The molecule has 5 nitrogen and oxygen atoms in total. The Bertz CT molecular complexity index is 484. The third-order valence-electron chi connectivity index (χ3n) is 2.61. The molecule has 0 aliphatic carbocycles. The maximum Gasteiger partial charge on any atom is 0.263 e. The van der Waals surface area contributed by atoms with Crippen molar-refractivity contribution in [2.45, 2.75) is 11.4 Å². The second-order valence-electron chi connectivity index (χ2n) is 3.80. The SMILES string of the molecule is O=S(=O)(c1ncccc1F)N1CCCNCC1. The van der Waals surface area contributed by atoms with E-state index in [1.807, 2.05) is 0 Å². The molecular weight excluding hydrogens is 245 g/mol. The minimum Gasteiger partial charge on any atom is -0.315 e. The topological polar surface area (TPSA) is 62.3 Å². The highest BCUT2D eigenvalue weighted by Gasteiger charge is 2.28. The summed E-state index contributed by atoms with van der Waals surface area (Å²) in [5, 5.41) is 2.61. The van der Waals surface area contributed by atoms with Crippen molar-refractivity contribution in [2.75, 3.05) is 26.2 Å². The highest BCUT2D eigenvalue weighted by Crippen LogP contribution is 2.16. The number of sulfonamides is 1. The number of nitrogens with one attached hydrogen (secondary N) is 1. The van der Waals surface area contributed by atoms with Gasteiger partial charge in [0.1, 0.15) is 0 Å². The van der Waals surface area contributed by atoms with E-state index >= 15 is 0 Å². The number of nitrogens with zero attached hydrogens (tertiary/aromatic N) is 2. The van der Waals surface area contributed by atoms with Crippen molar-refractivity contribution < 1.29 is 12.8 Å². The molecule has 1 fully saturated rings. The third-order valence-corrected chi connectivity index (χ3v) is 4.44. The first-order chi connectivity index (χ1) is 8.12. The number of pyridine rings is 1. The highest BCUT2D eigenvalue weighted by atomic mass is 32.2. The van der Waals surface area contributed by atoms with Crippen LogP contribution in [0.1, 0.15) is 6.42 Å². The van der Waals surface area contributed by atoms with Gasteiger partial charge in [-0.15, -0.1) is 0 Å². The van der Waals surface area contributed by atoms with E-state index in [2.05, 4.69) is 10.3 Å². The molecule has 0 bridgehead atoms. The van der Waals surface area contributed by atoms with Gasteiger partial charge in [-0.3, -0.25) is 0 Å². The van der Waals surface area contributed by atoms with E-state index in [1.54, 1.807) is 0 Å². The quantitative estimate of drug-likeness (QED) is 0.824. The van der Waals surface area contributed by atoms with Gasteiger partial charge in [0.2, 0.25) is 5.03 Å². The number of hydrogen-bond donors (Lipinski definition) is 1. The van der Waals surface area contributed by atoms with Crippen molar-refractivity contribution >= 4 is 10.0 Å². The molecule has 7 heteroatoms. The van der Waals surface area contributed by atoms with Gasteiger partial charge >= 0.3 is 0 Å². The van der Waals surface area contributed by atoms with Gasteiger partial charge in [0.05, 0.1) is 0 Å². The normalized spacial score (nSPS) is 18.9. The lowest BCUT2D eigenvalue weighted by Gasteiger charge is -2.18. The fraction of sp³-hybridized carbons (Fsp3) is 0.500. The summed E-state index contributed by atoms with van der Waals surface area (Å²) in [5.74, 6) is -0.801. The minimum absolute atomic E-state index is 0.346. The van der Waals surface area contributed by atoms with E-state index in [0.717, 1.165) is 12.6 Å². The number of halogens is 1. The van der Waals surface area contributed by atoms with E-state index in [1.165, 1.54) is 16.6 Å². The first-order valence-electron chi connectivity index (χ1n) is 5.44. The number of aromatic nitrogens is 1. The molecule has 0 saturated carbocycles. The summed E-state index contributed by atoms with van der Waals surface area (Å²) in [6, 6.07) is 2.48. The van der Waals surface area contributed by atoms with Crippen LogP contribution in [-0.2, 0) is 10.0 Å². The summed E-state index contributed by atoms with van der Waals surface area (Å²) in [6.07, 6.45) is 2.00. The van der Waals surface area contributed by atoms with E-state index in [9.17, 15) is 12.8 Å². The molecule has 0 aromatic carbocycles. The molecule has 1 aromatic rings. The Morgan fingerprint density at radius 3 is 2.94 bits per heavy atom. The Kier molecular flexibility index (Phi) is 3.70. The Hall–Kier alpha value is -1.05. The van der Waals surface area contributed by atoms with Crippen LogP contribution >= 0.6 is 0 Å². The lowest BCUT2D eigenvalue weighted by atomic mass is 10.4. The number of hydrogen-bond acceptors (Lipinski definition) is 4. The fourth-order valence-corrected chi connectivity index (χ4v) is 3.20. The van der Waals surface area contributed by atoms with E-state index in [4.69, 9.17) is 0 Å². The Labute approximate surface area is 99.7 Å². The van der Waals surface area contributed by atoms with Gasteiger partial charge in [0, 0.05) is 25.8 Å². The van der Waals surface area contributed by atoms with Gasteiger partial charge in [-0.2, -0.15) is 4.31 Å². The molecule has 0 unspecified atom stereocenters. The van der Waals surface area contributed by atoms with E-state index < -0.39 is 20.9 Å². The molecule has 2 rings (SSSR count). The van der Waals surface area contributed by atoms with Crippen LogP contribution in [0.3, 0.4) is 0 Å². The Morgan fingerprint density at radius 2 is 2.18 bits per heavy atom. The first-order valence-corrected chi connectivity index (χ1v) is 6.88. The monoisotopic (exact) mass is 259 g/mol.